The smallest absolute Gasteiger partial charge is 0.315 e. The predicted octanol–water partition coefficient (Wildman–Crippen LogP) is 2.45. The summed E-state index contributed by atoms with van der Waals surface area (Å²) in [5.74, 6) is -0.778. The molecule has 0 atom stereocenters. The maximum absolute atomic E-state index is 12.1. The Labute approximate surface area is 114 Å². The second kappa shape index (κ2) is 5.87. The van der Waals surface area contributed by atoms with Gasteiger partial charge in [-0.1, -0.05) is 6.07 Å². The van der Waals surface area contributed by atoms with Gasteiger partial charge in [0.2, 0.25) is 5.91 Å². The number of rotatable bonds is 3. The Bertz CT molecular complexity index is 494. The Morgan fingerprint density at radius 1 is 1.11 bits per heavy atom. The van der Waals surface area contributed by atoms with Crippen molar-refractivity contribution in [2.24, 2.45) is 0 Å². The molecule has 1 aromatic carbocycles. The molecule has 19 heavy (non-hydrogen) atoms. The molecule has 0 fully saturated rings. The van der Waals surface area contributed by atoms with Crippen LogP contribution in [0.5, 0.6) is 0 Å². The summed E-state index contributed by atoms with van der Waals surface area (Å²) in [7, 11) is 2.97. The number of anilines is 1. The van der Waals surface area contributed by atoms with Gasteiger partial charge < -0.3 is 9.64 Å². The third-order valence-electron chi connectivity index (χ3n) is 3.56. The minimum atomic E-state index is -0.517. The number of hydrogen-bond acceptors (Lipinski definition) is 3. The Kier molecular flexibility index (Phi) is 4.70. The fourth-order valence-corrected chi connectivity index (χ4v) is 2.14. The van der Waals surface area contributed by atoms with E-state index in [1.54, 1.807) is 11.9 Å². The SMILES string of the molecule is COC(=O)CC(=O)N(C)c1c(C)c(C)cc(C)c1C. The molecule has 0 aliphatic carbocycles. The van der Waals surface area contributed by atoms with Crippen molar-refractivity contribution < 1.29 is 14.3 Å². The minimum Gasteiger partial charge on any atom is -0.469 e. The third kappa shape index (κ3) is 3.13. The van der Waals surface area contributed by atoms with Gasteiger partial charge in [0.25, 0.3) is 0 Å². The Morgan fingerprint density at radius 2 is 1.58 bits per heavy atom. The highest BCUT2D eigenvalue weighted by Gasteiger charge is 2.20. The van der Waals surface area contributed by atoms with E-state index in [4.69, 9.17) is 0 Å². The monoisotopic (exact) mass is 263 g/mol. The molecule has 0 bridgehead atoms. The van der Waals surface area contributed by atoms with Gasteiger partial charge >= 0.3 is 5.97 Å². The first-order chi connectivity index (χ1) is 8.79. The number of hydrogen-bond donors (Lipinski definition) is 0. The van der Waals surface area contributed by atoms with E-state index >= 15 is 0 Å². The van der Waals surface area contributed by atoms with Crippen LogP contribution in [-0.2, 0) is 14.3 Å². The Morgan fingerprint density at radius 3 is 2.00 bits per heavy atom. The topological polar surface area (TPSA) is 46.6 Å². The van der Waals surface area contributed by atoms with Crippen LogP contribution in [0.4, 0.5) is 5.69 Å². The van der Waals surface area contributed by atoms with Gasteiger partial charge in [-0.25, -0.2) is 0 Å². The molecule has 4 heteroatoms. The largest absolute Gasteiger partial charge is 0.469 e. The summed E-state index contributed by atoms with van der Waals surface area (Å²) >= 11 is 0. The Hall–Kier alpha value is -1.84. The molecule has 4 nitrogen and oxygen atoms in total. The van der Waals surface area contributed by atoms with E-state index in [2.05, 4.69) is 10.8 Å². The third-order valence-corrected chi connectivity index (χ3v) is 3.56. The molecular formula is C15H21NO3. The van der Waals surface area contributed by atoms with Crippen molar-refractivity contribution in [1.82, 2.24) is 0 Å². The van der Waals surface area contributed by atoms with Gasteiger partial charge in [-0.3, -0.25) is 9.59 Å². The molecule has 0 heterocycles. The maximum atomic E-state index is 12.1. The first kappa shape index (κ1) is 15.2. The number of aryl methyl sites for hydroxylation is 2. The average Bonchev–Trinajstić information content (AvgIpc) is 2.36. The number of ether oxygens (including phenoxy) is 1. The van der Waals surface area contributed by atoms with Gasteiger partial charge in [0, 0.05) is 12.7 Å². The van der Waals surface area contributed by atoms with Crippen LogP contribution in [-0.4, -0.2) is 26.0 Å². The van der Waals surface area contributed by atoms with Gasteiger partial charge in [-0.05, 0) is 49.9 Å². The number of methoxy groups -OCH3 is 1. The maximum Gasteiger partial charge on any atom is 0.315 e. The molecule has 1 amide bonds. The van der Waals surface area contributed by atoms with Crippen molar-refractivity contribution in [3.05, 3.63) is 28.3 Å². The number of benzene rings is 1. The van der Waals surface area contributed by atoms with Crippen LogP contribution in [0.25, 0.3) is 0 Å². The molecule has 0 radical (unpaired) electrons. The molecule has 104 valence electrons. The molecule has 0 aliphatic rings. The van der Waals surface area contributed by atoms with E-state index in [1.165, 1.54) is 7.11 Å². The second-order valence-corrected chi connectivity index (χ2v) is 4.81. The molecule has 0 unspecified atom stereocenters. The van der Waals surface area contributed by atoms with E-state index in [-0.39, 0.29) is 12.3 Å². The molecule has 1 aromatic rings. The summed E-state index contributed by atoms with van der Waals surface area (Å²) < 4.78 is 4.53. The average molecular weight is 263 g/mol. The van der Waals surface area contributed by atoms with Gasteiger partial charge in [0.1, 0.15) is 6.42 Å². The number of carbonyl (C=O) groups excluding carboxylic acids is 2. The number of esters is 1. The highest BCUT2D eigenvalue weighted by Crippen LogP contribution is 2.29. The van der Waals surface area contributed by atoms with Crippen LogP contribution in [0.3, 0.4) is 0 Å². The summed E-state index contributed by atoms with van der Waals surface area (Å²) in [6, 6.07) is 2.10. The minimum absolute atomic E-state index is 0.237. The molecule has 0 saturated carbocycles. The molecule has 0 aliphatic heterocycles. The molecule has 0 spiro atoms. The van der Waals surface area contributed by atoms with Crippen molar-refractivity contribution in [1.29, 1.82) is 0 Å². The zero-order chi connectivity index (χ0) is 14.7. The second-order valence-electron chi connectivity index (χ2n) is 4.81. The van der Waals surface area contributed by atoms with Crippen molar-refractivity contribution in [3.8, 4) is 0 Å². The summed E-state index contributed by atoms with van der Waals surface area (Å²) in [5.41, 5.74) is 5.27. The van der Waals surface area contributed by atoms with E-state index in [1.807, 2.05) is 27.7 Å². The van der Waals surface area contributed by atoms with Crippen LogP contribution in [0.2, 0.25) is 0 Å². The predicted molar refractivity (Wildman–Crippen MR) is 75.4 cm³/mol. The molecular weight excluding hydrogens is 242 g/mol. The van der Waals surface area contributed by atoms with Crippen molar-refractivity contribution in [2.45, 2.75) is 34.1 Å². The standard InChI is InChI=1S/C15H21NO3/c1-9-7-10(2)12(4)15(11(9)3)16(5)13(17)8-14(18)19-6/h7H,8H2,1-6H3. The van der Waals surface area contributed by atoms with Gasteiger partial charge in [-0.2, -0.15) is 0 Å². The Balaban J connectivity index is 3.16. The fraction of sp³-hybridized carbons (Fsp3) is 0.467. The van der Waals surface area contributed by atoms with Crippen LogP contribution in [0.15, 0.2) is 6.07 Å². The lowest BCUT2D eigenvalue weighted by Gasteiger charge is -2.24. The number of carbonyl (C=O) groups is 2. The zero-order valence-electron chi connectivity index (χ0n) is 12.5. The van der Waals surface area contributed by atoms with Crippen molar-refractivity contribution >= 4 is 17.6 Å². The number of amides is 1. The van der Waals surface area contributed by atoms with Gasteiger partial charge in [-0.15, -0.1) is 0 Å². The molecule has 0 N–H and O–H groups in total. The van der Waals surface area contributed by atoms with Crippen LogP contribution >= 0.6 is 0 Å². The molecule has 0 aromatic heterocycles. The van der Waals surface area contributed by atoms with E-state index in [0.717, 1.165) is 27.9 Å². The lowest BCUT2D eigenvalue weighted by atomic mass is 9.98. The van der Waals surface area contributed by atoms with Crippen molar-refractivity contribution in [2.75, 3.05) is 19.1 Å². The highest BCUT2D eigenvalue weighted by atomic mass is 16.5. The summed E-state index contributed by atoms with van der Waals surface area (Å²) in [6.45, 7) is 8.01. The quantitative estimate of drug-likeness (QED) is 0.621. The van der Waals surface area contributed by atoms with Crippen LogP contribution in [0.1, 0.15) is 28.7 Å². The lowest BCUT2D eigenvalue weighted by molar-refractivity contribution is -0.143. The summed E-state index contributed by atoms with van der Waals surface area (Å²) in [6.07, 6.45) is -0.237. The van der Waals surface area contributed by atoms with E-state index in [9.17, 15) is 9.59 Å². The lowest BCUT2D eigenvalue weighted by Crippen LogP contribution is -2.30. The van der Waals surface area contributed by atoms with Crippen LogP contribution in [0, 0.1) is 27.7 Å². The van der Waals surface area contributed by atoms with Crippen LogP contribution < -0.4 is 4.90 Å². The van der Waals surface area contributed by atoms with Crippen molar-refractivity contribution in [3.63, 3.8) is 0 Å². The van der Waals surface area contributed by atoms with E-state index < -0.39 is 5.97 Å². The summed E-state index contributed by atoms with van der Waals surface area (Å²) in [4.78, 5) is 24.8. The van der Waals surface area contributed by atoms with E-state index in [0.29, 0.717) is 0 Å². The number of nitrogens with zero attached hydrogens (tertiary/aromatic N) is 1. The normalized spacial score (nSPS) is 10.2. The highest BCUT2D eigenvalue weighted by molar-refractivity contribution is 6.04. The molecule has 1 rings (SSSR count). The zero-order valence-corrected chi connectivity index (χ0v) is 12.5. The molecule has 0 saturated heterocycles. The first-order valence-electron chi connectivity index (χ1n) is 6.20. The van der Waals surface area contributed by atoms with Gasteiger partial charge in [0.15, 0.2) is 0 Å². The fourth-order valence-electron chi connectivity index (χ4n) is 2.14. The van der Waals surface area contributed by atoms with Gasteiger partial charge in [0.05, 0.1) is 7.11 Å². The summed E-state index contributed by atoms with van der Waals surface area (Å²) in [5, 5.41) is 0. The first-order valence-corrected chi connectivity index (χ1v) is 6.20.